The summed E-state index contributed by atoms with van der Waals surface area (Å²) in [5, 5.41) is 2.56. The maximum atomic E-state index is 12.3. The molecule has 26 heavy (non-hydrogen) atoms. The highest BCUT2D eigenvalue weighted by Crippen LogP contribution is 2.15. The third-order valence-electron chi connectivity index (χ3n) is 4.27. The molecule has 6 nitrogen and oxygen atoms in total. The van der Waals surface area contributed by atoms with Gasteiger partial charge in [-0.3, -0.25) is 9.59 Å². The normalized spacial score (nSPS) is 11.7. The highest BCUT2D eigenvalue weighted by Gasteiger charge is 2.21. The van der Waals surface area contributed by atoms with Crippen molar-refractivity contribution in [2.75, 3.05) is 6.61 Å². The zero-order chi connectivity index (χ0) is 19.3. The Bertz CT molecular complexity index is 809. The molecule has 1 aromatic heterocycles. The van der Waals surface area contributed by atoms with Gasteiger partial charge in [0.25, 0.3) is 5.91 Å². The van der Waals surface area contributed by atoms with Gasteiger partial charge < -0.3 is 14.6 Å². The van der Waals surface area contributed by atoms with Crippen LogP contribution in [0.3, 0.4) is 0 Å². The first-order chi connectivity index (χ1) is 12.3. The Balaban J connectivity index is 1.91. The molecule has 0 saturated heterocycles. The monoisotopic (exact) mass is 356 g/mol. The van der Waals surface area contributed by atoms with Crippen molar-refractivity contribution in [2.24, 2.45) is 0 Å². The fraction of sp³-hybridized carbons (Fsp3) is 0.350. The number of esters is 1. The number of Topliss-reactive ketones (excluding diaryl/α,β-unsaturated/α-hetero) is 1. The van der Waals surface area contributed by atoms with E-state index in [1.165, 1.54) is 6.92 Å². The van der Waals surface area contributed by atoms with E-state index in [0.717, 1.165) is 17.9 Å². The number of carbonyl (C=O) groups is 3. The standard InChI is InChI=1S/C20H24N2O4/c1-5-22-13(2)11-17(15(22)4)18(23)12-26-20(25)14(3)21-19(24)16-9-7-6-8-10-16/h6-11,14H,5,12H2,1-4H3,(H,21,24)/t14-/m0/s1. The Morgan fingerprint density at radius 1 is 1.15 bits per heavy atom. The molecule has 0 fully saturated rings. The minimum Gasteiger partial charge on any atom is -0.456 e. The fourth-order valence-electron chi connectivity index (χ4n) is 2.84. The molecule has 0 unspecified atom stereocenters. The van der Waals surface area contributed by atoms with Gasteiger partial charge >= 0.3 is 5.97 Å². The zero-order valence-electron chi connectivity index (χ0n) is 15.5. The van der Waals surface area contributed by atoms with E-state index in [2.05, 4.69) is 5.32 Å². The van der Waals surface area contributed by atoms with Crippen LogP contribution in [0.25, 0.3) is 0 Å². The lowest BCUT2D eigenvalue weighted by Gasteiger charge is -2.13. The van der Waals surface area contributed by atoms with Gasteiger partial charge in [-0.1, -0.05) is 18.2 Å². The van der Waals surface area contributed by atoms with Crippen LogP contribution in [0.1, 0.15) is 46.0 Å². The van der Waals surface area contributed by atoms with Crippen molar-refractivity contribution < 1.29 is 19.1 Å². The molecule has 1 heterocycles. The number of aromatic nitrogens is 1. The summed E-state index contributed by atoms with van der Waals surface area (Å²) in [6, 6.07) is 9.54. The molecule has 1 amide bonds. The summed E-state index contributed by atoms with van der Waals surface area (Å²) < 4.78 is 7.11. The van der Waals surface area contributed by atoms with Gasteiger partial charge in [0.2, 0.25) is 5.78 Å². The number of rotatable bonds is 7. The van der Waals surface area contributed by atoms with E-state index >= 15 is 0 Å². The summed E-state index contributed by atoms with van der Waals surface area (Å²) in [6.45, 7) is 7.75. The second-order valence-electron chi connectivity index (χ2n) is 6.12. The number of carbonyl (C=O) groups excluding carboxylic acids is 3. The maximum Gasteiger partial charge on any atom is 0.328 e. The predicted molar refractivity (Wildman–Crippen MR) is 98.2 cm³/mol. The molecule has 2 rings (SSSR count). The lowest BCUT2D eigenvalue weighted by molar-refractivity contribution is -0.144. The van der Waals surface area contributed by atoms with Crippen LogP contribution < -0.4 is 5.32 Å². The van der Waals surface area contributed by atoms with E-state index in [0.29, 0.717) is 11.1 Å². The molecule has 1 aromatic carbocycles. The Morgan fingerprint density at radius 2 is 1.81 bits per heavy atom. The number of ketones is 1. The van der Waals surface area contributed by atoms with Gasteiger partial charge in [-0.05, 0) is 45.9 Å². The van der Waals surface area contributed by atoms with Crippen LogP contribution in [-0.2, 0) is 16.1 Å². The largest absolute Gasteiger partial charge is 0.456 e. The van der Waals surface area contributed by atoms with E-state index in [1.807, 2.05) is 25.3 Å². The van der Waals surface area contributed by atoms with Gasteiger partial charge in [-0.2, -0.15) is 0 Å². The molecular weight excluding hydrogens is 332 g/mol. The van der Waals surface area contributed by atoms with Crippen molar-refractivity contribution in [3.05, 3.63) is 58.9 Å². The van der Waals surface area contributed by atoms with E-state index in [9.17, 15) is 14.4 Å². The Hall–Kier alpha value is -2.89. The van der Waals surface area contributed by atoms with Crippen molar-refractivity contribution in [3.8, 4) is 0 Å². The van der Waals surface area contributed by atoms with Gasteiger partial charge in [-0.15, -0.1) is 0 Å². The van der Waals surface area contributed by atoms with Crippen LogP contribution >= 0.6 is 0 Å². The fourth-order valence-corrected chi connectivity index (χ4v) is 2.84. The van der Waals surface area contributed by atoms with Crippen molar-refractivity contribution in [2.45, 2.75) is 40.3 Å². The van der Waals surface area contributed by atoms with Crippen LogP contribution in [0.5, 0.6) is 0 Å². The molecule has 0 aliphatic rings. The summed E-state index contributed by atoms with van der Waals surface area (Å²) in [5.41, 5.74) is 2.85. The second kappa shape index (κ2) is 8.47. The van der Waals surface area contributed by atoms with Crippen LogP contribution in [0.4, 0.5) is 0 Å². The molecular formula is C20H24N2O4. The molecule has 0 bridgehead atoms. The van der Waals surface area contributed by atoms with Crippen LogP contribution in [0.2, 0.25) is 0 Å². The van der Waals surface area contributed by atoms with Crippen molar-refractivity contribution in [1.29, 1.82) is 0 Å². The molecule has 1 N–H and O–H groups in total. The lowest BCUT2D eigenvalue weighted by atomic mass is 10.1. The van der Waals surface area contributed by atoms with Gasteiger partial charge in [0, 0.05) is 29.1 Å². The molecule has 0 saturated carbocycles. The molecule has 0 radical (unpaired) electrons. The van der Waals surface area contributed by atoms with Gasteiger partial charge in [0.05, 0.1) is 0 Å². The summed E-state index contributed by atoms with van der Waals surface area (Å²) in [5.74, 6) is -1.27. The molecule has 0 aliphatic heterocycles. The SMILES string of the molecule is CCn1c(C)cc(C(=O)COC(=O)[C@H](C)NC(=O)c2ccccc2)c1C. The number of amides is 1. The summed E-state index contributed by atoms with van der Waals surface area (Å²) >= 11 is 0. The molecule has 6 heteroatoms. The second-order valence-corrected chi connectivity index (χ2v) is 6.12. The number of nitrogens with zero attached hydrogens (tertiary/aromatic N) is 1. The molecule has 1 atom stereocenters. The first-order valence-electron chi connectivity index (χ1n) is 8.57. The number of hydrogen-bond acceptors (Lipinski definition) is 4. The number of nitrogens with one attached hydrogen (secondary N) is 1. The predicted octanol–water partition coefficient (Wildman–Crippen LogP) is 2.67. The van der Waals surface area contributed by atoms with Gasteiger partial charge in [0.15, 0.2) is 6.61 Å². The average Bonchev–Trinajstić information content (AvgIpc) is 2.93. The van der Waals surface area contributed by atoms with Gasteiger partial charge in [-0.25, -0.2) is 4.79 Å². The zero-order valence-corrected chi connectivity index (χ0v) is 15.5. The number of aryl methyl sites for hydroxylation is 1. The van der Waals surface area contributed by atoms with E-state index in [4.69, 9.17) is 4.74 Å². The molecule has 0 spiro atoms. The van der Waals surface area contributed by atoms with Crippen LogP contribution in [0, 0.1) is 13.8 Å². The van der Waals surface area contributed by atoms with Crippen molar-refractivity contribution in [3.63, 3.8) is 0 Å². The Morgan fingerprint density at radius 3 is 2.38 bits per heavy atom. The molecule has 2 aromatic rings. The Kier molecular flexibility index (Phi) is 6.33. The lowest BCUT2D eigenvalue weighted by Crippen LogP contribution is -2.40. The van der Waals surface area contributed by atoms with E-state index in [-0.39, 0.29) is 18.3 Å². The van der Waals surface area contributed by atoms with E-state index < -0.39 is 12.0 Å². The first-order valence-corrected chi connectivity index (χ1v) is 8.57. The summed E-state index contributed by atoms with van der Waals surface area (Å²) in [4.78, 5) is 36.5. The third-order valence-corrected chi connectivity index (χ3v) is 4.27. The number of benzene rings is 1. The average molecular weight is 356 g/mol. The smallest absolute Gasteiger partial charge is 0.328 e. The molecule has 138 valence electrons. The minimum absolute atomic E-state index is 0.257. The maximum absolute atomic E-state index is 12.3. The van der Waals surface area contributed by atoms with E-state index in [1.54, 1.807) is 36.4 Å². The quantitative estimate of drug-likeness (QED) is 0.611. The number of hydrogen-bond donors (Lipinski definition) is 1. The van der Waals surface area contributed by atoms with Crippen LogP contribution in [0.15, 0.2) is 36.4 Å². The van der Waals surface area contributed by atoms with Crippen molar-refractivity contribution >= 4 is 17.7 Å². The minimum atomic E-state index is -0.849. The summed E-state index contributed by atoms with van der Waals surface area (Å²) in [6.07, 6.45) is 0. The van der Waals surface area contributed by atoms with Crippen molar-refractivity contribution in [1.82, 2.24) is 9.88 Å². The first kappa shape index (κ1) is 19.4. The molecule has 0 aliphatic carbocycles. The third kappa shape index (κ3) is 4.39. The topological polar surface area (TPSA) is 77.4 Å². The highest BCUT2D eigenvalue weighted by atomic mass is 16.5. The van der Waals surface area contributed by atoms with Crippen LogP contribution in [-0.4, -0.2) is 34.9 Å². The highest BCUT2D eigenvalue weighted by molar-refractivity contribution is 6.00. The van der Waals surface area contributed by atoms with Gasteiger partial charge in [0.1, 0.15) is 6.04 Å². The summed E-state index contributed by atoms with van der Waals surface area (Å²) in [7, 11) is 0. The number of ether oxygens (including phenoxy) is 1. The Labute approximate surface area is 153 Å².